The summed E-state index contributed by atoms with van der Waals surface area (Å²) in [7, 11) is 0. The summed E-state index contributed by atoms with van der Waals surface area (Å²) in [5.74, 6) is 0. The fraction of sp³-hybridized carbons (Fsp3) is 0.250. The maximum Gasteiger partial charge on any atom is 0.0941 e. The van der Waals surface area contributed by atoms with Gasteiger partial charge >= 0.3 is 0 Å². The Morgan fingerprint density at radius 2 is 2.15 bits per heavy atom. The lowest BCUT2D eigenvalue weighted by molar-refractivity contribution is 0.913. The lowest BCUT2D eigenvalue weighted by Gasteiger charge is -2.06. The molecule has 2 heterocycles. The van der Waals surface area contributed by atoms with E-state index in [2.05, 4.69) is 45.6 Å². The van der Waals surface area contributed by atoms with Crippen molar-refractivity contribution < 1.29 is 0 Å². The Hall–Kier alpha value is -0.350. The molecule has 0 amide bonds. The second-order valence-electron chi connectivity index (χ2n) is 5.12. The normalized spacial score (nSPS) is 15.7. The molecule has 0 spiro atoms. The largest absolute Gasteiger partial charge is 0.143 e. The van der Waals surface area contributed by atoms with E-state index in [-0.39, 0.29) is 5.38 Å². The third-order valence-corrected chi connectivity index (χ3v) is 7.74. The summed E-state index contributed by atoms with van der Waals surface area (Å²) >= 11 is 14.1. The van der Waals surface area contributed by atoms with Gasteiger partial charge in [-0.15, -0.1) is 34.3 Å². The first-order valence-electron chi connectivity index (χ1n) is 6.65. The number of thiophene rings is 2. The van der Waals surface area contributed by atoms with E-state index in [9.17, 15) is 0 Å². The Kier molecular flexibility index (Phi) is 3.42. The molecule has 102 valence electrons. The summed E-state index contributed by atoms with van der Waals surface area (Å²) in [5.41, 5.74) is 2.77. The molecule has 4 heteroatoms. The monoisotopic (exact) mass is 382 g/mol. The van der Waals surface area contributed by atoms with E-state index >= 15 is 0 Å². The highest BCUT2D eigenvalue weighted by atomic mass is 79.9. The molecule has 1 atom stereocenters. The van der Waals surface area contributed by atoms with Crippen LogP contribution in [0, 0.1) is 0 Å². The molecular formula is C16H12BrClS2. The van der Waals surface area contributed by atoms with Crippen molar-refractivity contribution in [2.75, 3.05) is 0 Å². The van der Waals surface area contributed by atoms with Crippen LogP contribution in [0.1, 0.15) is 32.7 Å². The molecule has 0 radical (unpaired) electrons. The number of alkyl halides is 1. The number of rotatable bonds is 2. The number of halogens is 2. The Morgan fingerprint density at radius 3 is 3.00 bits per heavy atom. The number of fused-ring (bicyclic) bond motifs is 2. The smallest absolute Gasteiger partial charge is 0.0941 e. The SMILES string of the molecule is ClC(c1cc2c(s1)CCC2)c1csc2c(Br)cccc12. The average molecular weight is 384 g/mol. The van der Waals surface area contributed by atoms with Crippen LogP contribution in [-0.4, -0.2) is 0 Å². The zero-order valence-electron chi connectivity index (χ0n) is 10.7. The van der Waals surface area contributed by atoms with Crippen LogP contribution < -0.4 is 0 Å². The van der Waals surface area contributed by atoms with Gasteiger partial charge in [-0.1, -0.05) is 12.1 Å². The van der Waals surface area contributed by atoms with Gasteiger partial charge in [-0.3, -0.25) is 0 Å². The van der Waals surface area contributed by atoms with Gasteiger partial charge in [-0.05, 0) is 69.2 Å². The molecule has 0 nitrogen and oxygen atoms in total. The molecule has 0 N–H and O–H groups in total. The van der Waals surface area contributed by atoms with Crippen molar-refractivity contribution in [1.29, 1.82) is 0 Å². The third-order valence-electron chi connectivity index (χ3n) is 3.87. The van der Waals surface area contributed by atoms with Crippen LogP contribution in [0.4, 0.5) is 0 Å². The second kappa shape index (κ2) is 5.13. The van der Waals surface area contributed by atoms with E-state index in [4.69, 9.17) is 11.6 Å². The van der Waals surface area contributed by atoms with Crippen molar-refractivity contribution in [2.24, 2.45) is 0 Å². The minimum absolute atomic E-state index is 0.0198. The van der Waals surface area contributed by atoms with E-state index in [1.165, 1.54) is 45.4 Å². The molecule has 1 aromatic carbocycles. The molecule has 1 aliphatic carbocycles. The van der Waals surface area contributed by atoms with Gasteiger partial charge in [0.05, 0.1) is 5.38 Å². The van der Waals surface area contributed by atoms with Crippen molar-refractivity contribution in [3.63, 3.8) is 0 Å². The first kappa shape index (κ1) is 13.3. The topological polar surface area (TPSA) is 0 Å². The summed E-state index contributed by atoms with van der Waals surface area (Å²) in [6.07, 6.45) is 3.77. The Morgan fingerprint density at radius 1 is 1.25 bits per heavy atom. The zero-order chi connectivity index (χ0) is 13.7. The fourth-order valence-corrected chi connectivity index (χ4v) is 6.22. The number of hydrogen-bond donors (Lipinski definition) is 0. The highest BCUT2D eigenvalue weighted by Gasteiger charge is 2.22. The maximum absolute atomic E-state index is 6.77. The summed E-state index contributed by atoms with van der Waals surface area (Å²) in [6, 6.07) is 8.67. The first-order valence-corrected chi connectivity index (χ1v) is 9.58. The average Bonchev–Trinajstić information content (AvgIpc) is 3.11. The summed E-state index contributed by atoms with van der Waals surface area (Å²) in [5, 5.41) is 3.46. The Bertz CT molecular complexity index is 765. The molecule has 0 aliphatic heterocycles. The second-order valence-corrected chi connectivity index (χ2v) is 8.46. The van der Waals surface area contributed by atoms with Gasteiger partial charge in [-0.2, -0.15) is 0 Å². The van der Waals surface area contributed by atoms with E-state index < -0.39 is 0 Å². The number of aryl methyl sites for hydroxylation is 2. The van der Waals surface area contributed by atoms with Crippen LogP contribution in [0.25, 0.3) is 10.1 Å². The minimum atomic E-state index is -0.0198. The van der Waals surface area contributed by atoms with Crippen molar-refractivity contribution in [2.45, 2.75) is 24.6 Å². The molecule has 0 fully saturated rings. The molecule has 1 aliphatic rings. The van der Waals surface area contributed by atoms with Crippen molar-refractivity contribution >= 4 is 60.3 Å². The molecule has 2 aromatic heterocycles. The van der Waals surface area contributed by atoms with Gasteiger partial charge in [-0.25, -0.2) is 0 Å². The molecule has 3 aromatic rings. The molecule has 0 bridgehead atoms. The fourth-order valence-electron chi connectivity index (χ4n) is 2.87. The molecular weight excluding hydrogens is 372 g/mol. The molecule has 0 saturated carbocycles. The van der Waals surface area contributed by atoms with Crippen LogP contribution in [0.5, 0.6) is 0 Å². The maximum atomic E-state index is 6.77. The predicted molar refractivity (Wildman–Crippen MR) is 93.6 cm³/mol. The van der Waals surface area contributed by atoms with Gasteiger partial charge in [0, 0.05) is 18.9 Å². The van der Waals surface area contributed by atoms with Crippen LogP contribution in [-0.2, 0) is 12.8 Å². The van der Waals surface area contributed by atoms with Gasteiger partial charge < -0.3 is 0 Å². The highest BCUT2D eigenvalue weighted by molar-refractivity contribution is 9.10. The van der Waals surface area contributed by atoms with Gasteiger partial charge in [0.2, 0.25) is 0 Å². The quantitative estimate of drug-likeness (QED) is 0.441. The van der Waals surface area contributed by atoms with Crippen molar-refractivity contribution in [1.82, 2.24) is 0 Å². The lowest BCUT2D eigenvalue weighted by Crippen LogP contribution is -1.88. The minimum Gasteiger partial charge on any atom is -0.143 e. The van der Waals surface area contributed by atoms with Crippen molar-refractivity contribution in [3.8, 4) is 0 Å². The van der Waals surface area contributed by atoms with Crippen LogP contribution >= 0.6 is 50.2 Å². The van der Waals surface area contributed by atoms with Crippen LogP contribution in [0.15, 0.2) is 34.1 Å². The van der Waals surface area contributed by atoms with E-state index in [1.807, 2.05) is 11.3 Å². The highest BCUT2D eigenvalue weighted by Crippen LogP contribution is 2.43. The van der Waals surface area contributed by atoms with Gasteiger partial charge in [0.15, 0.2) is 0 Å². The molecule has 4 rings (SSSR count). The lowest BCUT2D eigenvalue weighted by atomic mass is 10.1. The summed E-state index contributed by atoms with van der Waals surface area (Å²) in [6.45, 7) is 0. The predicted octanol–water partition coefficient (Wildman–Crippen LogP) is 6.54. The Labute approximate surface area is 139 Å². The van der Waals surface area contributed by atoms with Crippen LogP contribution in [0.3, 0.4) is 0 Å². The van der Waals surface area contributed by atoms with Crippen molar-refractivity contribution in [3.05, 3.63) is 55.0 Å². The summed E-state index contributed by atoms with van der Waals surface area (Å²) in [4.78, 5) is 2.85. The Balaban J connectivity index is 1.80. The number of benzene rings is 1. The summed E-state index contributed by atoms with van der Waals surface area (Å²) < 4.78 is 2.45. The first-order chi connectivity index (χ1) is 9.74. The van der Waals surface area contributed by atoms with Gasteiger partial charge in [0.25, 0.3) is 0 Å². The van der Waals surface area contributed by atoms with E-state index in [1.54, 1.807) is 16.2 Å². The zero-order valence-corrected chi connectivity index (χ0v) is 14.6. The number of hydrogen-bond acceptors (Lipinski definition) is 2. The molecule has 1 unspecified atom stereocenters. The van der Waals surface area contributed by atoms with E-state index in [0.717, 1.165) is 4.47 Å². The van der Waals surface area contributed by atoms with Gasteiger partial charge in [0.1, 0.15) is 0 Å². The molecule has 20 heavy (non-hydrogen) atoms. The standard InChI is InChI=1S/C16H12BrClS2/c17-12-5-2-4-10-11(8-19-16(10)12)15(18)14-7-9-3-1-6-13(9)20-14/h2,4-5,7-8,15H,1,3,6H2. The van der Waals surface area contributed by atoms with Crippen LogP contribution in [0.2, 0.25) is 0 Å². The van der Waals surface area contributed by atoms with E-state index in [0.29, 0.717) is 0 Å². The molecule has 0 saturated heterocycles. The third kappa shape index (κ3) is 2.07.